The van der Waals surface area contributed by atoms with E-state index in [1.807, 2.05) is 22.4 Å². The third kappa shape index (κ3) is 6.35. The Morgan fingerprint density at radius 1 is 1.17 bits per heavy atom. The minimum Gasteiger partial charge on any atom is -0.305 e. The number of fused-ring (bicyclic) bond motifs is 1. The van der Waals surface area contributed by atoms with Crippen LogP contribution in [0.5, 0.6) is 0 Å². The molecule has 0 spiro atoms. The molecule has 30 heavy (non-hydrogen) atoms. The molecule has 0 unspecified atom stereocenters. The van der Waals surface area contributed by atoms with Gasteiger partial charge in [0.2, 0.25) is 5.91 Å². The molecule has 0 fully saturated rings. The van der Waals surface area contributed by atoms with Crippen LogP contribution in [0.1, 0.15) is 43.7 Å². The van der Waals surface area contributed by atoms with E-state index in [9.17, 15) is 4.79 Å². The normalized spacial score (nSPS) is 11.7. The molecule has 0 atom stereocenters. The van der Waals surface area contributed by atoms with Crippen LogP contribution in [-0.2, 0) is 23.5 Å². The van der Waals surface area contributed by atoms with Crippen molar-refractivity contribution in [2.24, 2.45) is 4.99 Å². The van der Waals surface area contributed by atoms with Crippen LogP contribution in [0.2, 0.25) is 0 Å². The number of unbranched alkanes of at least 4 members (excludes halogenated alkanes) is 1. The lowest BCUT2D eigenvalue weighted by Gasteiger charge is -2.02. The fraction of sp³-hybridized carbons (Fsp3) is 0.360. The van der Waals surface area contributed by atoms with Crippen LogP contribution in [0.25, 0.3) is 10.2 Å². The van der Waals surface area contributed by atoms with Gasteiger partial charge in [-0.1, -0.05) is 67.0 Å². The Hall–Kier alpha value is -2.29. The summed E-state index contributed by atoms with van der Waals surface area (Å²) in [5.41, 5.74) is 3.70. The van der Waals surface area contributed by atoms with E-state index in [1.165, 1.54) is 24.0 Å². The van der Waals surface area contributed by atoms with E-state index in [4.69, 9.17) is 6.42 Å². The number of aromatic nitrogens is 1. The van der Waals surface area contributed by atoms with E-state index in [0.717, 1.165) is 34.6 Å². The van der Waals surface area contributed by atoms with Crippen molar-refractivity contribution in [2.75, 3.05) is 5.75 Å². The van der Waals surface area contributed by atoms with Gasteiger partial charge in [0.1, 0.15) is 0 Å². The monoisotopic (exact) mass is 436 g/mol. The fourth-order valence-corrected chi connectivity index (χ4v) is 5.27. The molecule has 1 aromatic heterocycles. The summed E-state index contributed by atoms with van der Waals surface area (Å²) < 4.78 is 3.12. The average molecular weight is 437 g/mol. The lowest BCUT2D eigenvalue weighted by molar-refractivity contribution is -0.118. The van der Waals surface area contributed by atoms with Crippen LogP contribution in [0.4, 0.5) is 0 Å². The molecular weight excluding hydrogens is 408 g/mol. The second-order valence-corrected chi connectivity index (χ2v) is 9.34. The highest BCUT2D eigenvalue weighted by atomic mass is 32.2. The highest BCUT2D eigenvalue weighted by Gasteiger charge is 2.08. The van der Waals surface area contributed by atoms with E-state index in [2.05, 4.69) is 60.3 Å². The summed E-state index contributed by atoms with van der Waals surface area (Å²) >= 11 is 3.41. The second-order valence-electron chi connectivity index (χ2n) is 7.23. The number of carbonyl (C=O) groups is 1. The smallest absolute Gasteiger partial charge is 0.248 e. The first-order valence-electron chi connectivity index (χ1n) is 10.5. The van der Waals surface area contributed by atoms with Crippen LogP contribution >= 0.6 is 23.1 Å². The number of thioether (sulfide) groups is 1. The first kappa shape index (κ1) is 22.4. The van der Waals surface area contributed by atoms with Gasteiger partial charge in [-0.15, -0.1) is 6.42 Å². The summed E-state index contributed by atoms with van der Waals surface area (Å²) in [6.07, 6.45) is 10.3. The maximum atomic E-state index is 12.5. The molecule has 3 rings (SSSR count). The number of thiazole rings is 1. The van der Waals surface area contributed by atoms with Crippen molar-refractivity contribution in [1.82, 2.24) is 4.57 Å². The molecule has 156 valence electrons. The number of rotatable bonds is 10. The molecule has 0 radical (unpaired) electrons. The zero-order chi connectivity index (χ0) is 21.2. The van der Waals surface area contributed by atoms with E-state index < -0.39 is 0 Å². The van der Waals surface area contributed by atoms with Crippen LogP contribution in [-0.4, -0.2) is 16.2 Å². The number of benzene rings is 2. The van der Waals surface area contributed by atoms with Crippen molar-refractivity contribution in [3.8, 4) is 12.3 Å². The Labute approximate surface area is 187 Å². The van der Waals surface area contributed by atoms with Crippen molar-refractivity contribution in [3.05, 3.63) is 64.5 Å². The highest BCUT2D eigenvalue weighted by molar-refractivity contribution is 7.98. The Kier molecular flexibility index (Phi) is 8.80. The van der Waals surface area contributed by atoms with Crippen molar-refractivity contribution < 1.29 is 4.79 Å². The van der Waals surface area contributed by atoms with Crippen molar-refractivity contribution in [1.29, 1.82) is 0 Å². The highest BCUT2D eigenvalue weighted by Crippen LogP contribution is 2.20. The third-order valence-corrected chi connectivity index (χ3v) is 6.98. The largest absolute Gasteiger partial charge is 0.305 e. The van der Waals surface area contributed by atoms with Gasteiger partial charge in [-0.25, -0.2) is 0 Å². The predicted octanol–water partition coefficient (Wildman–Crippen LogP) is 5.82. The molecule has 3 aromatic rings. The molecule has 0 saturated carbocycles. The second kappa shape index (κ2) is 11.8. The van der Waals surface area contributed by atoms with E-state index in [0.29, 0.717) is 17.8 Å². The SMILES string of the molecule is C#CCn1c(=NC(=O)CCCSCc2ccccc2)sc2cc(CCCC)ccc21. The third-order valence-electron chi connectivity index (χ3n) is 4.83. The molecule has 0 N–H and O–H groups in total. The number of nitrogens with zero attached hydrogens (tertiary/aromatic N) is 2. The van der Waals surface area contributed by atoms with Crippen molar-refractivity contribution in [2.45, 2.75) is 51.3 Å². The first-order valence-corrected chi connectivity index (χ1v) is 12.4. The maximum absolute atomic E-state index is 12.5. The number of terminal acetylenes is 1. The van der Waals surface area contributed by atoms with Crippen molar-refractivity contribution >= 4 is 39.2 Å². The van der Waals surface area contributed by atoms with Crippen molar-refractivity contribution in [3.63, 3.8) is 0 Å². The van der Waals surface area contributed by atoms with E-state index in [1.54, 1.807) is 11.3 Å². The number of aryl methyl sites for hydroxylation is 1. The van der Waals surface area contributed by atoms with E-state index >= 15 is 0 Å². The minimum absolute atomic E-state index is 0.0705. The average Bonchev–Trinajstić information content (AvgIpc) is 3.09. The molecule has 5 heteroatoms. The van der Waals surface area contributed by atoms with Gasteiger partial charge < -0.3 is 4.57 Å². The topological polar surface area (TPSA) is 34.4 Å². The molecule has 2 aromatic carbocycles. The Morgan fingerprint density at radius 2 is 2.00 bits per heavy atom. The summed E-state index contributed by atoms with van der Waals surface area (Å²) in [6, 6.07) is 16.9. The van der Waals surface area contributed by atoms with E-state index in [-0.39, 0.29) is 5.91 Å². The van der Waals surface area contributed by atoms with Gasteiger partial charge in [0, 0.05) is 12.2 Å². The molecule has 0 saturated heterocycles. The van der Waals surface area contributed by atoms with Crippen LogP contribution in [0.3, 0.4) is 0 Å². The Bertz CT molecular complexity index is 1070. The van der Waals surface area contributed by atoms with Gasteiger partial charge in [-0.2, -0.15) is 16.8 Å². The zero-order valence-electron chi connectivity index (χ0n) is 17.5. The van der Waals surface area contributed by atoms with Gasteiger partial charge in [-0.05, 0) is 48.3 Å². The zero-order valence-corrected chi connectivity index (χ0v) is 19.1. The summed E-state index contributed by atoms with van der Waals surface area (Å²) in [4.78, 5) is 17.6. The van der Waals surface area contributed by atoms with Gasteiger partial charge in [-0.3, -0.25) is 4.79 Å². The lowest BCUT2D eigenvalue weighted by atomic mass is 10.1. The van der Waals surface area contributed by atoms with Gasteiger partial charge in [0.15, 0.2) is 4.80 Å². The number of hydrogen-bond acceptors (Lipinski definition) is 3. The maximum Gasteiger partial charge on any atom is 0.248 e. The summed E-state index contributed by atoms with van der Waals surface area (Å²) in [7, 11) is 0. The molecule has 3 nitrogen and oxygen atoms in total. The summed E-state index contributed by atoms with van der Waals surface area (Å²) in [5.74, 6) is 4.55. The quantitative estimate of drug-likeness (QED) is 0.296. The van der Waals surface area contributed by atoms with Gasteiger partial charge >= 0.3 is 0 Å². The first-order chi connectivity index (χ1) is 14.7. The van der Waals surface area contributed by atoms with Crippen LogP contribution < -0.4 is 4.80 Å². The molecular formula is C25H28N2OS2. The molecule has 1 amide bonds. The number of carbonyl (C=O) groups excluding carboxylic acids is 1. The Balaban J connectivity index is 1.63. The summed E-state index contributed by atoms with van der Waals surface area (Å²) in [6.45, 7) is 2.63. The predicted molar refractivity (Wildman–Crippen MR) is 130 cm³/mol. The standard InChI is InChI=1S/C25H28N2OS2/c1-3-5-10-20-14-15-22-23(18-20)30-25(27(22)16-4-2)26-24(28)13-9-17-29-19-21-11-7-6-8-12-21/h2,6-8,11-12,14-15,18H,3,5,9-10,13,16-17,19H2,1H3. The molecule has 0 aliphatic carbocycles. The molecule has 0 bridgehead atoms. The number of amides is 1. The molecule has 0 aliphatic rings. The lowest BCUT2D eigenvalue weighted by Crippen LogP contribution is -2.16. The van der Waals surface area contributed by atoms with Crippen LogP contribution in [0, 0.1) is 12.3 Å². The molecule has 0 aliphatic heterocycles. The van der Waals surface area contributed by atoms with Gasteiger partial charge in [0.05, 0.1) is 16.8 Å². The van der Waals surface area contributed by atoms with Crippen LogP contribution in [0.15, 0.2) is 53.5 Å². The molecule has 1 heterocycles. The Morgan fingerprint density at radius 3 is 2.77 bits per heavy atom. The summed E-state index contributed by atoms with van der Waals surface area (Å²) in [5, 5.41) is 0. The fourth-order valence-electron chi connectivity index (χ4n) is 3.24. The minimum atomic E-state index is -0.0705. The van der Waals surface area contributed by atoms with Gasteiger partial charge in [0.25, 0.3) is 0 Å². The number of hydrogen-bond donors (Lipinski definition) is 0.